The van der Waals surface area contributed by atoms with E-state index in [1.165, 1.54) is 0 Å². The van der Waals surface area contributed by atoms with Gasteiger partial charge in [-0.2, -0.15) is 0 Å². The van der Waals surface area contributed by atoms with Crippen molar-refractivity contribution in [1.29, 1.82) is 0 Å². The third-order valence-corrected chi connectivity index (χ3v) is 5.62. The SMILES string of the molecule is CC(C)(C)OC(=O)NCCn1c2ccc(Nc3ccc(Cl)c(Cl)c3)cc2c2ccncc21. The molecule has 0 fully saturated rings. The zero-order valence-electron chi connectivity index (χ0n) is 18.1. The van der Waals surface area contributed by atoms with Crippen LogP contribution in [0.5, 0.6) is 0 Å². The quantitative estimate of drug-likeness (QED) is 0.337. The Labute approximate surface area is 196 Å². The molecule has 4 aromatic rings. The number of nitrogens with one attached hydrogen (secondary N) is 2. The number of aromatic nitrogens is 2. The van der Waals surface area contributed by atoms with E-state index in [-0.39, 0.29) is 0 Å². The number of nitrogens with zero attached hydrogens (tertiary/aromatic N) is 2. The highest BCUT2D eigenvalue weighted by atomic mass is 35.5. The van der Waals surface area contributed by atoms with Crippen LogP contribution >= 0.6 is 23.2 Å². The van der Waals surface area contributed by atoms with Crippen molar-refractivity contribution in [2.75, 3.05) is 11.9 Å². The van der Waals surface area contributed by atoms with Gasteiger partial charge in [0.25, 0.3) is 0 Å². The normalized spacial score (nSPS) is 11.7. The topological polar surface area (TPSA) is 68.2 Å². The van der Waals surface area contributed by atoms with Crippen molar-refractivity contribution in [3.05, 3.63) is 64.9 Å². The van der Waals surface area contributed by atoms with Gasteiger partial charge in [-0.3, -0.25) is 4.98 Å². The third-order valence-electron chi connectivity index (χ3n) is 4.88. The number of carbonyl (C=O) groups is 1. The Bertz CT molecular complexity index is 1290. The average molecular weight is 471 g/mol. The van der Waals surface area contributed by atoms with Crippen molar-refractivity contribution in [3.8, 4) is 0 Å². The van der Waals surface area contributed by atoms with Crippen LogP contribution in [0.25, 0.3) is 21.8 Å². The lowest BCUT2D eigenvalue weighted by molar-refractivity contribution is 0.0526. The molecule has 6 nitrogen and oxygen atoms in total. The second-order valence-corrected chi connectivity index (χ2v) is 9.27. The Kier molecular flexibility index (Phi) is 6.17. The summed E-state index contributed by atoms with van der Waals surface area (Å²) in [7, 11) is 0. The maximum Gasteiger partial charge on any atom is 0.407 e. The maximum atomic E-state index is 12.0. The molecule has 0 radical (unpaired) electrons. The van der Waals surface area contributed by atoms with E-state index < -0.39 is 11.7 Å². The molecule has 32 heavy (non-hydrogen) atoms. The van der Waals surface area contributed by atoms with Crippen molar-refractivity contribution < 1.29 is 9.53 Å². The van der Waals surface area contributed by atoms with Crippen molar-refractivity contribution in [1.82, 2.24) is 14.9 Å². The van der Waals surface area contributed by atoms with Gasteiger partial charge < -0.3 is 19.9 Å². The first-order chi connectivity index (χ1) is 15.2. The molecule has 2 aromatic carbocycles. The number of hydrogen-bond donors (Lipinski definition) is 2. The molecule has 0 spiro atoms. The fourth-order valence-electron chi connectivity index (χ4n) is 3.59. The number of carbonyl (C=O) groups excluding carboxylic acids is 1. The number of ether oxygens (including phenoxy) is 1. The van der Waals surface area contributed by atoms with Crippen LogP contribution in [-0.2, 0) is 11.3 Å². The maximum absolute atomic E-state index is 12.0. The molecule has 166 valence electrons. The average Bonchev–Trinajstić information content (AvgIpc) is 3.03. The monoisotopic (exact) mass is 470 g/mol. The van der Waals surface area contributed by atoms with E-state index in [1.54, 1.807) is 18.3 Å². The van der Waals surface area contributed by atoms with E-state index in [1.807, 2.05) is 45.2 Å². The van der Waals surface area contributed by atoms with E-state index in [9.17, 15) is 4.79 Å². The molecular weight excluding hydrogens is 447 g/mol. The van der Waals surface area contributed by atoms with E-state index in [2.05, 4.69) is 32.3 Å². The van der Waals surface area contributed by atoms with Crippen LogP contribution in [0.15, 0.2) is 54.9 Å². The van der Waals surface area contributed by atoms with Crippen LogP contribution in [0.2, 0.25) is 10.0 Å². The molecular formula is C24H24Cl2N4O2. The summed E-state index contributed by atoms with van der Waals surface area (Å²) in [6.07, 6.45) is 3.20. The van der Waals surface area contributed by atoms with Gasteiger partial charge >= 0.3 is 6.09 Å². The van der Waals surface area contributed by atoms with Gasteiger partial charge in [-0.25, -0.2) is 4.79 Å². The van der Waals surface area contributed by atoms with Crippen LogP contribution in [-0.4, -0.2) is 27.8 Å². The second kappa shape index (κ2) is 8.88. The zero-order chi connectivity index (χ0) is 22.9. The summed E-state index contributed by atoms with van der Waals surface area (Å²) in [5.41, 5.74) is 3.31. The fraction of sp³-hybridized carbons (Fsp3) is 0.250. The number of alkyl carbamates (subject to hydrolysis) is 1. The van der Waals surface area contributed by atoms with E-state index in [0.29, 0.717) is 23.1 Å². The van der Waals surface area contributed by atoms with Gasteiger partial charge in [0.1, 0.15) is 5.60 Å². The molecule has 0 bridgehead atoms. The van der Waals surface area contributed by atoms with Gasteiger partial charge in [0.15, 0.2) is 0 Å². The molecule has 0 saturated carbocycles. The molecule has 8 heteroatoms. The zero-order valence-corrected chi connectivity index (χ0v) is 19.6. The smallest absolute Gasteiger partial charge is 0.407 e. The molecule has 0 aliphatic rings. The standard InChI is InChI=1S/C24H24Cl2N4O2/c1-24(2,3)32-23(31)28-10-11-30-21-7-5-15(29-16-4-6-19(25)20(26)13-16)12-18(21)17-8-9-27-14-22(17)30/h4-9,12-14,29H,10-11H2,1-3H3,(H,28,31). The number of amides is 1. The van der Waals surface area contributed by atoms with E-state index in [0.717, 1.165) is 33.2 Å². The van der Waals surface area contributed by atoms with Crippen LogP contribution < -0.4 is 10.6 Å². The van der Waals surface area contributed by atoms with Crippen LogP contribution in [0.4, 0.5) is 16.2 Å². The summed E-state index contributed by atoms with van der Waals surface area (Å²) < 4.78 is 7.47. The van der Waals surface area contributed by atoms with Gasteiger partial charge in [-0.05, 0) is 63.2 Å². The molecule has 2 aromatic heterocycles. The number of fused-ring (bicyclic) bond motifs is 3. The summed E-state index contributed by atoms with van der Waals surface area (Å²) in [6, 6.07) is 13.6. The molecule has 0 aliphatic heterocycles. The summed E-state index contributed by atoms with van der Waals surface area (Å²) in [4.78, 5) is 16.3. The minimum atomic E-state index is -0.529. The molecule has 0 unspecified atom stereocenters. The summed E-state index contributed by atoms with van der Waals surface area (Å²) in [5, 5.41) is 9.39. The molecule has 0 atom stereocenters. The first-order valence-electron chi connectivity index (χ1n) is 10.3. The Morgan fingerprint density at radius 2 is 1.75 bits per heavy atom. The van der Waals surface area contributed by atoms with Crippen molar-refractivity contribution in [3.63, 3.8) is 0 Å². The summed E-state index contributed by atoms with van der Waals surface area (Å²) in [5.74, 6) is 0. The highest BCUT2D eigenvalue weighted by molar-refractivity contribution is 6.42. The molecule has 4 rings (SSSR count). The van der Waals surface area contributed by atoms with Crippen molar-refractivity contribution in [2.24, 2.45) is 0 Å². The van der Waals surface area contributed by atoms with Gasteiger partial charge in [0, 0.05) is 47.0 Å². The molecule has 2 heterocycles. The lowest BCUT2D eigenvalue weighted by atomic mass is 10.1. The molecule has 1 amide bonds. The van der Waals surface area contributed by atoms with Gasteiger partial charge in [-0.15, -0.1) is 0 Å². The van der Waals surface area contributed by atoms with Crippen LogP contribution in [0, 0.1) is 0 Å². The largest absolute Gasteiger partial charge is 0.444 e. The van der Waals surface area contributed by atoms with E-state index in [4.69, 9.17) is 27.9 Å². The lowest BCUT2D eigenvalue weighted by Crippen LogP contribution is -2.34. The van der Waals surface area contributed by atoms with Gasteiger partial charge in [-0.1, -0.05) is 23.2 Å². The summed E-state index contributed by atoms with van der Waals surface area (Å²) >= 11 is 12.2. The first-order valence-corrected chi connectivity index (χ1v) is 11.0. The number of rotatable bonds is 5. The predicted molar refractivity (Wildman–Crippen MR) is 131 cm³/mol. The predicted octanol–water partition coefficient (Wildman–Crippen LogP) is 6.76. The number of anilines is 2. The first kappa shape index (κ1) is 22.2. The minimum absolute atomic E-state index is 0.426. The highest BCUT2D eigenvalue weighted by Crippen LogP contribution is 2.32. The van der Waals surface area contributed by atoms with Crippen molar-refractivity contribution >= 4 is 62.5 Å². The van der Waals surface area contributed by atoms with Gasteiger partial charge in [0.2, 0.25) is 0 Å². The molecule has 0 aliphatic carbocycles. The number of benzene rings is 2. The summed E-state index contributed by atoms with van der Waals surface area (Å²) in [6.45, 7) is 6.55. The van der Waals surface area contributed by atoms with Crippen LogP contribution in [0.1, 0.15) is 20.8 Å². The van der Waals surface area contributed by atoms with Crippen molar-refractivity contribution in [2.45, 2.75) is 32.9 Å². The highest BCUT2D eigenvalue weighted by Gasteiger charge is 2.16. The Balaban J connectivity index is 1.60. The fourth-order valence-corrected chi connectivity index (χ4v) is 3.89. The number of hydrogen-bond acceptors (Lipinski definition) is 4. The number of halogens is 2. The molecule has 0 saturated heterocycles. The Morgan fingerprint density at radius 1 is 1.00 bits per heavy atom. The van der Waals surface area contributed by atoms with Gasteiger partial charge in [0.05, 0.1) is 21.8 Å². The Morgan fingerprint density at radius 3 is 2.50 bits per heavy atom. The minimum Gasteiger partial charge on any atom is -0.444 e. The third kappa shape index (κ3) is 4.92. The van der Waals surface area contributed by atoms with Crippen LogP contribution in [0.3, 0.4) is 0 Å². The lowest BCUT2D eigenvalue weighted by Gasteiger charge is -2.19. The number of pyridine rings is 1. The Hall–Kier alpha value is -2.96. The molecule has 2 N–H and O–H groups in total. The second-order valence-electron chi connectivity index (χ2n) is 8.46. The van der Waals surface area contributed by atoms with E-state index >= 15 is 0 Å².